The van der Waals surface area contributed by atoms with Crippen molar-refractivity contribution < 1.29 is 33.6 Å². The summed E-state index contributed by atoms with van der Waals surface area (Å²) in [5, 5.41) is 2.93. The third kappa shape index (κ3) is 4.50. The molecule has 35 heavy (non-hydrogen) atoms. The summed E-state index contributed by atoms with van der Waals surface area (Å²) in [4.78, 5) is 37.1. The molecule has 1 spiro atoms. The summed E-state index contributed by atoms with van der Waals surface area (Å²) in [6, 6.07) is 9.58. The van der Waals surface area contributed by atoms with Gasteiger partial charge in [0.25, 0.3) is 0 Å². The summed E-state index contributed by atoms with van der Waals surface area (Å²) in [7, 11) is 0. The number of carbonyl (C=O) groups is 2. The molecule has 0 unspecified atom stereocenters. The standard InChI is InChI=1S/C27H37NO7/c1-16-10-11-21-17(2)24(32-25-27(21)20(16)14-15-26(4,33-25)34-35-27)31-23(30)13-12-22(29)28-18(3)19-8-6-5-7-9-19/h5-9,16-18,20-21,24-25H,10-15H2,1-4H3,(H,28,29)/t16-,17+,18+,20-,21+,24+,25-,26+,27-/m0/s1. The van der Waals surface area contributed by atoms with Crippen LogP contribution in [0.2, 0.25) is 0 Å². The minimum atomic E-state index is -0.875. The lowest BCUT2D eigenvalue weighted by Gasteiger charge is -2.59. The average Bonchev–Trinajstić information content (AvgIpc) is 3.07. The van der Waals surface area contributed by atoms with E-state index in [1.165, 1.54) is 0 Å². The van der Waals surface area contributed by atoms with Crippen molar-refractivity contribution in [2.75, 3.05) is 0 Å². The van der Waals surface area contributed by atoms with Crippen LogP contribution in [0.25, 0.3) is 0 Å². The first-order chi connectivity index (χ1) is 16.7. The Labute approximate surface area is 206 Å². The largest absolute Gasteiger partial charge is 0.435 e. The maximum atomic E-state index is 12.7. The van der Waals surface area contributed by atoms with Gasteiger partial charge in [-0.1, -0.05) is 44.2 Å². The first kappa shape index (κ1) is 24.7. The van der Waals surface area contributed by atoms with E-state index in [1.54, 1.807) is 0 Å². The van der Waals surface area contributed by atoms with E-state index in [4.69, 9.17) is 24.0 Å². The average molecular weight is 488 g/mol. The fourth-order valence-electron chi connectivity index (χ4n) is 6.55. The van der Waals surface area contributed by atoms with Gasteiger partial charge in [0.15, 0.2) is 11.9 Å². The predicted octanol–water partition coefficient (Wildman–Crippen LogP) is 4.40. The molecule has 4 aliphatic heterocycles. The van der Waals surface area contributed by atoms with Gasteiger partial charge < -0.3 is 19.5 Å². The lowest BCUT2D eigenvalue weighted by molar-refractivity contribution is -0.576. The molecule has 1 aromatic carbocycles. The summed E-state index contributed by atoms with van der Waals surface area (Å²) in [6.45, 7) is 8.09. The van der Waals surface area contributed by atoms with Crippen molar-refractivity contribution in [2.24, 2.45) is 23.7 Å². The van der Waals surface area contributed by atoms with Crippen molar-refractivity contribution in [2.45, 2.75) is 96.2 Å². The Morgan fingerprint density at radius 1 is 1.09 bits per heavy atom. The van der Waals surface area contributed by atoms with Gasteiger partial charge in [0.1, 0.15) is 0 Å². The van der Waals surface area contributed by atoms with Crippen LogP contribution >= 0.6 is 0 Å². The molecule has 6 rings (SSSR count). The van der Waals surface area contributed by atoms with E-state index in [1.807, 2.05) is 51.1 Å². The Morgan fingerprint density at radius 3 is 2.63 bits per heavy atom. The zero-order valence-corrected chi connectivity index (χ0v) is 21.0. The fraction of sp³-hybridized carbons (Fsp3) is 0.704. The normalized spacial score (nSPS) is 40.8. The number of esters is 1. The van der Waals surface area contributed by atoms with Gasteiger partial charge >= 0.3 is 5.97 Å². The highest BCUT2D eigenvalue weighted by atomic mass is 17.3. The minimum absolute atomic E-state index is 0.0156. The molecular weight excluding hydrogens is 450 g/mol. The molecule has 192 valence electrons. The van der Waals surface area contributed by atoms with Crippen LogP contribution < -0.4 is 5.32 Å². The predicted molar refractivity (Wildman–Crippen MR) is 125 cm³/mol. The number of benzene rings is 1. The quantitative estimate of drug-likeness (QED) is 0.470. The van der Waals surface area contributed by atoms with E-state index in [0.29, 0.717) is 5.92 Å². The van der Waals surface area contributed by atoms with Gasteiger partial charge in [0.05, 0.1) is 12.5 Å². The van der Waals surface area contributed by atoms with Crippen LogP contribution in [-0.4, -0.2) is 35.8 Å². The number of nitrogens with one attached hydrogen (secondary N) is 1. The molecule has 1 saturated carbocycles. The maximum Gasteiger partial charge on any atom is 0.308 e. The van der Waals surface area contributed by atoms with E-state index in [0.717, 1.165) is 31.2 Å². The van der Waals surface area contributed by atoms with Crippen LogP contribution in [0.5, 0.6) is 0 Å². The van der Waals surface area contributed by atoms with E-state index in [2.05, 4.69) is 12.2 Å². The van der Waals surface area contributed by atoms with Gasteiger partial charge in [0, 0.05) is 24.7 Å². The van der Waals surface area contributed by atoms with E-state index in [-0.39, 0.29) is 42.5 Å². The summed E-state index contributed by atoms with van der Waals surface area (Å²) in [5.74, 6) is -0.812. The summed E-state index contributed by atoms with van der Waals surface area (Å²) in [6.07, 6.45) is 2.30. The van der Waals surface area contributed by atoms with Gasteiger partial charge in [-0.15, -0.1) is 0 Å². The van der Waals surface area contributed by atoms with Crippen LogP contribution in [0.4, 0.5) is 0 Å². The minimum Gasteiger partial charge on any atom is -0.435 e. The van der Waals surface area contributed by atoms with Gasteiger partial charge in [-0.25, -0.2) is 9.78 Å². The molecule has 8 heteroatoms. The highest BCUT2D eigenvalue weighted by Crippen LogP contribution is 2.60. The number of fused-ring (bicyclic) bond motifs is 2. The van der Waals surface area contributed by atoms with E-state index >= 15 is 0 Å². The zero-order chi connectivity index (χ0) is 24.8. The molecule has 1 N–H and O–H groups in total. The van der Waals surface area contributed by atoms with Crippen molar-refractivity contribution in [3.63, 3.8) is 0 Å². The Morgan fingerprint density at radius 2 is 1.86 bits per heavy atom. The molecule has 1 aromatic rings. The zero-order valence-electron chi connectivity index (χ0n) is 21.0. The van der Waals surface area contributed by atoms with Gasteiger partial charge in [-0.2, -0.15) is 0 Å². The molecular formula is C27H37NO7. The second-order valence-corrected chi connectivity index (χ2v) is 11.0. The third-order valence-corrected chi connectivity index (χ3v) is 8.58. The molecule has 5 fully saturated rings. The SMILES string of the molecule is C[C@H]1[C@H](OC(=O)CCC(=O)N[C@H](C)c2ccccc2)O[C@H]2O[C@@]3(C)CC[C@H]4[C@@H](C)CC[C@H]1[C@]24OO3. The van der Waals surface area contributed by atoms with Crippen molar-refractivity contribution >= 4 is 11.9 Å². The fourth-order valence-corrected chi connectivity index (χ4v) is 6.55. The van der Waals surface area contributed by atoms with E-state index < -0.39 is 29.9 Å². The summed E-state index contributed by atoms with van der Waals surface area (Å²) < 4.78 is 18.4. The van der Waals surface area contributed by atoms with E-state index in [9.17, 15) is 9.59 Å². The first-order valence-electron chi connectivity index (χ1n) is 13.0. The highest BCUT2D eigenvalue weighted by Gasteiger charge is 2.69. The molecule has 2 bridgehead atoms. The smallest absolute Gasteiger partial charge is 0.308 e. The van der Waals surface area contributed by atoms with Crippen molar-refractivity contribution in [1.82, 2.24) is 5.32 Å². The molecule has 0 radical (unpaired) electrons. The monoisotopic (exact) mass is 487 g/mol. The number of rotatable bonds is 6. The first-order valence-corrected chi connectivity index (χ1v) is 13.0. The third-order valence-electron chi connectivity index (χ3n) is 8.58. The van der Waals surface area contributed by atoms with Crippen LogP contribution in [0.15, 0.2) is 30.3 Å². The number of carbonyl (C=O) groups excluding carboxylic acids is 2. The van der Waals surface area contributed by atoms with Crippen LogP contribution in [0, 0.1) is 23.7 Å². The molecule has 4 heterocycles. The number of amides is 1. The number of hydrogen-bond acceptors (Lipinski definition) is 7. The molecule has 5 aliphatic rings. The molecule has 8 nitrogen and oxygen atoms in total. The molecule has 1 amide bonds. The lowest BCUT2D eigenvalue weighted by atomic mass is 9.58. The van der Waals surface area contributed by atoms with Crippen molar-refractivity contribution in [3.05, 3.63) is 35.9 Å². The number of ether oxygens (including phenoxy) is 3. The summed E-state index contributed by atoms with van der Waals surface area (Å²) in [5.41, 5.74) is 0.322. The second-order valence-electron chi connectivity index (χ2n) is 11.0. The van der Waals surface area contributed by atoms with Gasteiger partial charge in [-0.05, 0) is 50.5 Å². The molecule has 4 saturated heterocycles. The van der Waals surface area contributed by atoms with Crippen molar-refractivity contribution in [1.29, 1.82) is 0 Å². The maximum absolute atomic E-state index is 12.7. The van der Waals surface area contributed by atoms with Gasteiger partial charge in [0.2, 0.25) is 18.0 Å². The Kier molecular flexibility index (Phi) is 6.68. The molecule has 0 aromatic heterocycles. The summed E-state index contributed by atoms with van der Waals surface area (Å²) >= 11 is 0. The number of hydrogen-bond donors (Lipinski definition) is 1. The van der Waals surface area contributed by atoms with Crippen LogP contribution in [0.1, 0.15) is 77.8 Å². The molecule has 9 atom stereocenters. The lowest BCUT2D eigenvalue weighted by Crippen LogP contribution is -2.70. The van der Waals surface area contributed by atoms with Gasteiger partial charge in [-0.3, -0.25) is 9.59 Å². The Bertz CT molecular complexity index is 941. The Balaban J connectivity index is 1.21. The molecule has 1 aliphatic carbocycles. The second kappa shape index (κ2) is 9.47. The topological polar surface area (TPSA) is 92.3 Å². The Hall–Kier alpha value is -2.00. The highest BCUT2D eigenvalue weighted by molar-refractivity contribution is 5.81. The van der Waals surface area contributed by atoms with Crippen LogP contribution in [-0.2, 0) is 33.6 Å². The van der Waals surface area contributed by atoms with Crippen molar-refractivity contribution in [3.8, 4) is 0 Å². The van der Waals surface area contributed by atoms with Crippen LogP contribution in [0.3, 0.4) is 0 Å².